The van der Waals surface area contributed by atoms with Crippen LogP contribution in [0.5, 0.6) is 11.5 Å². The summed E-state index contributed by atoms with van der Waals surface area (Å²) in [5, 5.41) is 0. The van der Waals surface area contributed by atoms with Crippen LogP contribution in [0.25, 0.3) is 0 Å². The minimum absolute atomic E-state index is 0.0230. The third-order valence-electron chi connectivity index (χ3n) is 3.34. The van der Waals surface area contributed by atoms with Gasteiger partial charge in [-0.25, -0.2) is 0 Å². The van der Waals surface area contributed by atoms with Gasteiger partial charge in [0.15, 0.2) is 5.78 Å². The van der Waals surface area contributed by atoms with E-state index in [0.29, 0.717) is 22.6 Å². The second kappa shape index (κ2) is 6.93. The minimum atomic E-state index is -0.0230. The summed E-state index contributed by atoms with van der Waals surface area (Å²) in [6.07, 6.45) is 2.03. The Bertz CT molecular complexity index is 610. The molecule has 2 aromatic rings. The van der Waals surface area contributed by atoms with Gasteiger partial charge in [-0.1, -0.05) is 31.5 Å². The van der Waals surface area contributed by atoms with Crippen molar-refractivity contribution < 1.29 is 14.3 Å². The fraction of sp³-hybridized carbons (Fsp3) is 0.278. The fourth-order valence-corrected chi connectivity index (χ4v) is 2.26. The standard InChI is InChI=1S/C18H20O3/c1-4-6-13-7-5-8-14(9-13)18(19)15-10-16(20-2)12-17(11-15)21-3/h5,7-12H,4,6H2,1-3H3. The molecule has 0 aromatic heterocycles. The van der Waals surface area contributed by atoms with Gasteiger partial charge in [-0.3, -0.25) is 4.79 Å². The summed E-state index contributed by atoms with van der Waals surface area (Å²) in [4.78, 5) is 12.6. The summed E-state index contributed by atoms with van der Waals surface area (Å²) in [5.74, 6) is 1.20. The Kier molecular flexibility index (Phi) is 4.99. The molecule has 3 nitrogen and oxygen atoms in total. The number of methoxy groups -OCH3 is 2. The number of carbonyl (C=O) groups excluding carboxylic acids is 1. The lowest BCUT2D eigenvalue weighted by Gasteiger charge is -2.08. The Morgan fingerprint density at radius 1 is 0.952 bits per heavy atom. The van der Waals surface area contributed by atoms with Gasteiger partial charge in [0, 0.05) is 17.2 Å². The van der Waals surface area contributed by atoms with E-state index in [9.17, 15) is 4.79 Å². The Hall–Kier alpha value is -2.29. The van der Waals surface area contributed by atoms with Crippen LogP contribution in [-0.4, -0.2) is 20.0 Å². The smallest absolute Gasteiger partial charge is 0.193 e. The van der Waals surface area contributed by atoms with Crippen LogP contribution in [0.1, 0.15) is 34.8 Å². The summed E-state index contributed by atoms with van der Waals surface area (Å²) in [6.45, 7) is 2.13. The van der Waals surface area contributed by atoms with Gasteiger partial charge in [0.2, 0.25) is 0 Å². The normalized spacial score (nSPS) is 10.2. The van der Waals surface area contributed by atoms with Crippen LogP contribution in [-0.2, 0) is 6.42 Å². The topological polar surface area (TPSA) is 35.5 Å². The van der Waals surface area contributed by atoms with Crippen molar-refractivity contribution in [3.8, 4) is 11.5 Å². The first-order valence-corrected chi connectivity index (χ1v) is 7.04. The molecule has 2 rings (SSSR count). The molecule has 0 unspecified atom stereocenters. The highest BCUT2D eigenvalue weighted by Gasteiger charge is 2.12. The van der Waals surface area contributed by atoms with Gasteiger partial charge >= 0.3 is 0 Å². The fourth-order valence-electron chi connectivity index (χ4n) is 2.26. The molecule has 0 amide bonds. The predicted octanol–water partition coefficient (Wildman–Crippen LogP) is 3.89. The molecule has 3 heteroatoms. The first kappa shape index (κ1) is 15.1. The van der Waals surface area contributed by atoms with Crippen LogP contribution in [0.2, 0.25) is 0 Å². The molecular weight excluding hydrogens is 264 g/mol. The van der Waals surface area contributed by atoms with Gasteiger partial charge in [-0.2, -0.15) is 0 Å². The number of hydrogen-bond acceptors (Lipinski definition) is 3. The van der Waals surface area contributed by atoms with Crippen LogP contribution >= 0.6 is 0 Å². The average molecular weight is 284 g/mol. The highest BCUT2D eigenvalue weighted by molar-refractivity contribution is 6.09. The van der Waals surface area contributed by atoms with Gasteiger partial charge in [0.1, 0.15) is 11.5 Å². The number of aryl methyl sites for hydroxylation is 1. The Labute approximate surface area is 125 Å². The number of ether oxygens (including phenoxy) is 2. The number of hydrogen-bond donors (Lipinski definition) is 0. The Morgan fingerprint density at radius 2 is 1.62 bits per heavy atom. The third kappa shape index (κ3) is 3.63. The van der Waals surface area contributed by atoms with Crippen molar-refractivity contribution >= 4 is 5.78 Å². The molecule has 21 heavy (non-hydrogen) atoms. The molecule has 0 heterocycles. The molecular formula is C18H20O3. The van der Waals surface area contributed by atoms with Crippen molar-refractivity contribution in [2.75, 3.05) is 14.2 Å². The summed E-state index contributed by atoms with van der Waals surface area (Å²) >= 11 is 0. The van der Waals surface area contributed by atoms with Crippen LogP contribution < -0.4 is 9.47 Å². The second-order valence-corrected chi connectivity index (χ2v) is 4.88. The van der Waals surface area contributed by atoms with E-state index < -0.39 is 0 Å². The molecule has 0 saturated carbocycles. The van der Waals surface area contributed by atoms with E-state index in [1.165, 1.54) is 5.56 Å². The highest BCUT2D eigenvalue weighted by Crippen LogP contribution is 2.24. The summed E-state index contributed by atoms with van der Waals surface area (Å²) in [5.41, 5.74) is 2.44. The predicted molar refractivity (Wildman–Crippen MR) is 83.4 cm³/mol. The van der Waals surface area contributed by atoms with Crippen molar-refractivity contribution in [3.05, 3.63) is 59.2 Å². The monoisotopic (exact) mass is 284 g/mol. The van der Waals surface area contributed by atoms with Crippen LogP contribution in [0.3, 0.4) is 0 Å². The molecule has 0 fully saturated rings. The lowest BCUT2D eigenvalue weighted by molar-refractivity contribution is 0.103. The molecule has 2 aromatic carbocycles. The van der Waals surface area contributed by atoms with Crippen molar-refractivity contribution in [1.29, 1.82) is 0 Å². The number of carbonyl (C=O) groups is 1. The first-order chi connectivity index (χ1) is 10.2. The SMILES string of the molecule is CCCc1cccc(C(=O)c2cc(OC)cc(OC)c2)c1. The number of benzene rings is 2. The zero-order chi connectivity index (χ0) is 15.2. The van der Waals surface area contributed by atoms with Crippen molar-refractivity contribution in [2.45, 2.75) is 19.8 Å². The van der Waals surface area contributed by atoms with E-state index in [4.69, 9.17) is 9.47 Å². The van der Waals surface area contributed by atoms with Crippen molar-refractivity contribution in [1.82, 2.24) is 0 Å². The largest absolute Gasteiger partial charge is 0.497 e. The molecule has 0 bridgehead atoms. The van der Waals surface area contributed by atoms with E-state index in [-0.39, 0.29) is 5.78 Å². The maximum absolute atomic E-state index is 12.6. The lowest BCUT2D eigenvalue weighted by atomic mass is 9.99. The number of ketones is 1. The molecule has 0 atom stereocenters. The first-order valence-electron chi connectivity index (χ1n) is 7.04. The van der Waals surface area contributed by atoms with Gasteiger partial charge in [-0.05, 0) is 30.2 Å². The molecule has 0 radical (unpaired) electrons. The lowest BCUT2D eigenvalue weighted by Crippen LogP contribution is -2.03. The van der Waals surface area contributed by atoms with Gasteiger partial charge < -0.3 is 9.47 Å². The zero-order valence-corrected chi connectivity index (χ0v) is 12.7. The van der Waals surface area contributed by atoms with E-state index in [0.717, 1.165) is 12.8 Å². The average Bonchev–Trinajstić information content (AvgIpc) is 2.54. The molecule has 0 spiro atoms. The van der Waals surface area contributed by atoms with Crippen molar-refractivity contribution in [2.24, 2.45) is 0 Å². The van der Waals surface area contributed by atoms with E-state index in [2.05, 4.69) is 6.92 Å². The summed E-state index contributed by atoms with van der Waals surface area (Å²) in [6, 6.07) is 13.0. The Morgan fingerprint density at radius 3 is 2.19 bits per heavy atom. The maximum Gasteiger partial charge on any atom is 0.193 e. The van der Waals surface area contributed by atoms with Gasteiger partial charge in [-0.15, -0.1) is 0 Å². The molecule has 0 aliphatic carbocycles. The van der Waals surface area contributed by atoms with E-state index in [1.54, 1.807) is 32.4 Å². The minimum Gasteiger partial charge on any atom is -0.497 e. The third-order valence-corrected chi connectivity index (χ3v) is 3.34. The Balaban J connectivity index is 2.37. The molecule has 110 valence electrons. The van der Waals surface area contributed by atoms with Crippen molar-refractivity contribution in [3.63, 3.8) is 0 Å². The zero-order valence-electron chi connectivity index (χ0n) is 12.7. The van der Waals surface area contributed by atoms with Gasteiger partial charge in [0.05, 0.1) is 14.2 Å². The summed E-state index contributed by atoms with van der Waals surface area (Å²) in [7, 11) is 3.15. The second-order valence-electron chi connectivity index (χ2n) is 4.88. The van der Waals surface area contributed by atoms with Gasteiger partial charge in [0.25, 0.3) is 0 Å². The number of rotatable bonds is 6. The maximum atomic E-state index is 12.6. The highest BCUT2D eigenvalue weighted by atomic mass is 16.5. The molecule has 0 saturated heterocycles. The summed E-state index contributed by atoms with van der Waals surface area (Å²) < 4.78 is 10.4. The quantitative estimate of drug-likeness (QED) is 0.755. The van der Waals surface area contributed by atoms with E-state index >= 15 is 0 Å². The molecule has 0 aliphatic rings. The molecule has 0 N–H and O–H groups in total. The van der Waals surface area contributed by atoms with Crippen LogP contribution in [0.4, 0.5) is 0 Å². The van der Waals surface area contributed by atoms with E-state index in [1.807, 2.05) is 24.3 Å². The van der Waals surface area contributed by atoms with Crippen LogP contribution in [0, 0.1) is 0 Å². The van der Waals surface area contributed by atoms with Crippen LogP contribution in [0.15, 0.2) is 42.5 Å². The molecule has 0 aliphatic heterocycles.